The van der Waals surface area contributed by atoms with Crippen LogP contribution in [0.25, 0.3) is 0 Å². The van der Waals surface area contributed by atoms with Crippen LogP contribution in [0.2, 0.25) is 0 Å². The zero-order valence-electron chi connectivity index (χ0n) is 13.7. The maximum absolute atomic E-state index is 14.2. The summed E-state index contributed by atoms with van der Waals surface area (Å²) in [5, 5.41) is 2.11. The smallest absolute Gasteiger partial charge is 0.436 e. The van der Waals surface area contributed by atoms with Crippen LogP contribution in [0.4, 0.5) is 28.0 Å². The lowest BCUT2D eigenvalue weighted by atomic mass is 9.87. The Balaban J connectivity index is 1.75. The van der Waals surface area contributed by atoms with Gasteiger partial charge in [0, 0.05) is 11.1 Å². The molecule has 1 aliphatic rings. The minimum Gasteiger partial charge on any atom is -0.451 e. The number of hydrogen-bond donors (Lipinski definition) is 1. The molecule has 0 saturated heterocycles. The van der Waals surface area contributed by atoms with E-state index in [4.69, 9.17) is 4.74 Å². The van der Waals surface area contributed by atoms with Crippen molar-refractivity contribution in [2.45, 2.75) is 12.1 Å². The van der Waals surface area contributed by atoms with E-state index in [2.05, 4.69) is 14.7 Å². The van der Waals surface area contributed by atoms with Crippen LogP contribution in [0.3, 0.4) is 0 Å². The lowest BCUT2D eigenvalue weighted by Crippen LogP contribution is -2.26. The van der Waals surface area contributed by atoms with E-state index in [0.717, 1.165) is 12.1 Å². The van der Waals surface area contributed by atoms with Crippen LogP contribution in [-0.2, 0) is 11.0 Å². The van der Waals surface area contributed by atoms with E-state index in [1.54, 1.807) is 0 Å². The third kappa shape index (κ3) is 2.96. The van der Waals surface area contributed by atoms with Crippen molar-refractivity contribution in [1.82, 2.24) is 4.98 Å². The number of halogens is 5. The van der Waals surface area contributed by atoms with Crippen molar-refractivity contribution in [2.24, 2.45) is 0 Å². The number of rotatable bonds is 2. The molecule has 3 aromatic rings. The molecular weight excluding hydrogens is 387 g/mol. The Bertz CT molecular complexity index is 1030. The number of amides is 1. The molecule has 0 radical (unpaired) electrons. The van der Waals surface area contributed by atoms with Crippen LogP contribution in [0, 0.1) is 11.6 Å². The normalized spacial score (nSPS) is 13.5. The van der Waals surface area contributed by atoms with Gasteiger partial charge in [-0.25, -0.2) is 8.78 Å². The number of alkyl halides is 3. The SMILES string of the molecule is O=C(Nc1nc(C(F)(F)F)co1)C1c2cccc(F)c2Oc2c(F)cccc21. The number of nitrogens with one attached hydrogen (secondary N) is 1. The van der Waals surface area contributed by atoms with Crippen molar-refractivity contribution < 1.29 is 35.9 Å². The first kappa shape index (κ1) is 18.0. The van der Waals surface area contributed by atoms with Gasteiger partial charge in [0.15, 0.2) is 28.8 Å². The summed E-state index contributed by atoms with van der Waals surface area (Å²) < 4.78 is 76.2. The standard InChI is InChI=1S/C18H9F5N2O3/c19-10-5-1-3-8-13(9-4-2-6-11(20)15(9)28-14(8)10)16(26)25-17-24-12(7-27-17)18(21,22)23/h1-7,13H,(H,24,25,26). The van der Waals surface area contributed by atoms with Crippen molar-refractivity contribution in [3.63, 3.8) is 0 Å². The third-order valence-corrected chi connectivity index (χ3v) is 4.11. The number of fused-ring (bicyclic) bond motifs is 2. The summed E-state index contributed by atoms with van der Waals surface area (Å²) in [6, 6.07) is 6.90. The predicted octanol–water partition coefficient (Wildman–Crippen LogP) is 4.85. The molecule has 28 heavy (non-hydrogen) atoms. The topological polar surface area (TPSA) is 64.4 Å². The van der Waals surface area contributed by atoms with Crippen molar-refractivity contribution in [3.8, 4) is 11.5 Å². The molecular formula is C18H9F5N2O3. The largest absolute Gasteiger partial charge is 0.451 e. The van der Waals surface area contributed by atoms with E-state index in [0.29, 0.717) is 6.26 Å². The summed E-state index contributed by atoms with van der Waals surface area (Å²) in [6.07, 6.45) is -4.41. The number of benzene rings is 2. The Kier molecular flexibility index (Phi) is 4.06. The monoisotopic (exact) mass is 396 g/mol. The minimum atomic E-state index is -4.75. The molecule has 144 valence electrons. The Morgan fingerprint density at radius 2 is 1.57 bits per heavy atom. The number of carbonyl (C=O) groups is 1. The van der Waals surface area contributed by atoms with Crippen LogP contribution in [0.5, 0.6) is 11.5 Å². The van der Waals surface area contributed by atoms with Crippen LogP contribution >= 0.6 is 0 Å². The minimum absolute atomic E-state index is 0.0817. The van der Waals surface area contributed by atoms with E-state index in [1.807, 2.05) is 0 Å². The molecule has 0 bridgehead atoms. The van der Waals surface area contributed by atoms with E-state index >= 15 is 0 Å². The van der Waals surface area contributed by atoms with Gasteiger partial charge < -0.3 is 9.15 Å². The summed E-state index contributed by atoms with van der Waals surface area (Å²) >= 11 is 0. The first-order chi connectivity index (χ1) is 13.3. The second kappa shape index (κ2) is 6.32. The molecule has 0 spiro atoms. The molecule has 1 aliphatic heterocycles. The van der Waals surface area contributed by atoms with E-state index in [1.165, 1.54) is 24.3 Å². The fourth-order valence-corrected chi connectivity index (χ4v) is 2.91. The van der Waals surface area contributed by atoms with Gasteiger partial charge in [-0.3, -0.25) is 10.1 Å². The molecule has 0 aliphatic carbocycles. The summed E-state index contributed by atoms with van der Waals surface area (Å²) in [5.74, 6) is -4.48. The average Bonchev–Trinajstić information content (AvgIpc) is 3.10. The molecule has 1 amide bonds. The lowest BCUT2D eigenvalue weighted by Gasteiger charge is -2.27. The van der Waals surface area contributed by atoms with Crippen LogP contribution in [-0.4, -0.2) is 10.9 Å². The highest BCUT2D eigenvalue weighted by Crippen LogP contribution is 2.46. The number of ether oxygens (including phenoxy) is 1. The van der Waals surface area contributed by atoms with Crippen molar-refractivity contribution in [3.05, 3.63) is 71.1 Å². The van der Waals surface area contributed by atoms with Gasteiger partial charge in [0.2, 0.25) is 5.91 Å². The first-order valence-corrected chi connectivity index (χ1v) is 7.84. The van der Waals surface area contributed by atoms with Gasteiger partial charge in [0.1, 0.15) is 6.26 Å². The van der Waals surface area contributed by atoms with Gasteiger partial charge in [-0.05, 0) is 12.1 Å². The summed E-state index contributed by atoms with van der Waals surface area (Å²) in [6.45, 7) is 0. The van der Waals surface area contributed by atoms with Crippen molar-refractivity contribution in [2.75, 3.05) is 5.32 Å². The van der Waals surface area contributed by atoms with Gasteiger partial charge in [0.25, 0.3) is 0 Å². The highest BCUT2D eigenvalue weighted by molar-refractivity contribution is 5.98. The number of para-hydroxylation sites is 2. The van der Waals surface area contributed by atoms with E-state index in [-0.39, 0.29) is 22.6 Å². The molecule has 1 N–H and O–H groups in total. The van der Waals surface area contributed by atoms with Crippen LogP contribution in [0.15, 0.2) is 47.1 Å². The van der Waals surface area contributed by atoms with Gasteiger partial charge in [-0.15, -0.1) is 0 Å². The molecule has 2 heterocycles. The van der Waals surface area contributed by atoms with E-state index < -0.39 is 41.3 Å². The molecule has 0 unspecified atom stereocenters. The summed E-state index contributed by atoms with van der Waals surface area (Å²) in [7, 11) is 0. The average molecular weight is 396 g/mol. The highest BCUT2D eigenvalue weighted by atomic mass is 19.4. The molecule has 1 aromatic heterocycles. The molecule has 4 rings (SSSR count). The number of carbonyl (C=O) groups excluding carboxylic acids is 1. The quantitative estimate of drug-likeness (QED) is 0.629. The number of hydrogen-bond acceptors (Lipinski definition) is 4. The highest BCUT2D eigenvalue weighted by Gasteiger charge is 2.38. The second-order valence-electron chi connectivity index (χ2n) is 5.88. The Morgan fingerprint density at radius 1 is 1.00 bits per heavy atom. The lowest BCUT2D eigenvalue weighted by molar-refractivity contribution is -0.141. The fourth-order valence-electron chi connectivity index (χ4n) is 2.91. The Labute approximate surface area is 153 Å². The molecule has 0 fully saturated rings. The molecule has 2 aromatic carbocycles. The van der Waals surface area contributed by atoms with Crippen LogP contribution in [0.1, 0.15) is 22.7 Å². The number of aromatic nitrogens is 1. The summed E-state index contributed by atoms with van der Waals surface area (Å²) in [4.78, 5) is 15.9. The van der Waals surface area contributed by atoms with Gasteiger partial charge in [0.05, 0.1) is 5.92 Å². The zero-order chi connectivity index (χ0) is 20.1. The van der Waals surface area contributed by atoms with Gasteiger partial charge in [-0.2, -0.15) is 18.2 Å². The Hall–Kier alpha value is -3.43. The third-order valence-electron chi connectivity index (χ3n) is 4.11. The Morgan fingerprint density at radius 3 is 2.07 bits per heavy atom. The second-order valence-corrected chi connectivity index (χ2v) is 5.88. The summed E-state index contributed by atoms with van der Waals surface area (Å²) in [5.41, 5.74) is -1.16. The maximum Gasteiger partial charge on any atom is 0.436 e. The number of oxazole rings is 1. The molecule has 5 nitrogen and oxygen atoms in total. The molecule has 0 saturated carbocycles. The molecule has 10 heteroatoms. The maximum atomic E-state index is 14.2. The van der Waals surface area contributed by atoms with Crippen molar-refractivity contribution in [1.29, 1.82) is 0 Å². The molecule has 0 atom stereocenters. The van der Waals surface area contributed by atoms with Crippen molar-refractivity contribution >= 4 is 11.9 Å². The number of anilines is 1. The fraction of sp³-hybridized carbons (Fsp3) is 0.111. The first-order valence-electron chi connectivity index (χ1n) is 7.84. The zero-order valence-corrected chi connectivity index (χ0v) is 13.7. The number of nitrogens with zero attached hydrogens (tertiary/aromatic N) is 1. The van der Waals surface area contributed by atoms with Gasteiger partial charge >= 0.3 is 12.2 Å². The van der Waals surface area contributed by atoms with Crippen LogP contribution < -0.4 is 10.1 Å². The van der Waals surface area contributed by atoms with Gasteiger partial charge in [-0.1, -0.05) is 24.3 Å². The predicted molar refractivity (Wildman–Crippen MR) is 84.9 cm³/mol. The van der Waals surface area contributed by atoms with E-state index in [9.17, 15) is 26.7 Å².